The molecule has 2 aromatic carbocycles. The summed E-state index contributed by atoms with van der Waals surface area (Å²) in [6.45, 7) is 1.25. The number of fused-ring (bicyclic) bond motifs is 1. The minimum Gasteiger partial charge on any atom is -0.491 e. The predicted molar refractivity (Wildman–Crippen MR) is 88.9 cm³/mol. The molecule has 0 fully saturated rings. The average molecular weight is 346 g/mol. The molecule has 0 saturated heterocycles. The molecule has 1 unspecified atom stereocenters. The van der Waals surface area contributed by atoms with Crippen molar-refractivity contribution >= 4 is 5.69 Å². The molecule has 0 spiro atoms. The van der Waals surface area contributed by atoms with Crippen LogP contribution in [0.5, 0.6) is 17.2 Å². The van der Waals surface area contributed by atoms with Crippen LogP contribution in [0.3, 0.4) is 0 Å². The Morgan fingerprint density at radius 1 is 1.20 bits per heavy atom. The van der Waals surface area contributed by atoms with Gasteiger partial charge in [0.15, 0.2) is 11.5 Å². The first-order valence-corrected chi connectivity index (χ1v) is 7.76. The van der Waals surface area contributed by atoms with Crippen LogP contribution in [0, 0.1) is 10.1 Å². The Kier molecular flexibility index (Phi) is 5.32. The monoisotopic (exact) mass is 346 g/mol. The number of hydrogen-bond donors (Lipinski definition) is 2. The third-order valence-corrected chi connectivity index (χ3v) is 3.64. The summed E-state index contributed by atoms with van der Waals surface area (Å²) >= 11 is 0. The quantitative estimate of drug-likeness (QED) is 0.555. The Balaban J connectivity index is 1.39. The Morgan fingerprint density at radius 3 is 2.72 bits per heavy atom. The highest BCUT2D eigenvalue weighted by Gasteiger charge is 2.13. The molecule has 2 aromatic rings. The van der Waals surface area contributed by atoms with Crippen LogP contribution in [0.1, 0.15) is 5.56 Å². The lowest BCUT2D eigenvalue weighted by atomic mass is 10.2. The van der Waals surface area contributed by atoms with Crippen LogP contribution in [-0.4, -0.2) is 36.1 Å². The summed E-state index contributed by atoms with van der Waals surface area (Å²) in [4.78, 5) is 10.1. The van der Waals surface area contributed by atoms with Gasteiger partial charge in [-0.25, -0.2) is 0 Å². The maximum Gasteiger partial charge on any atom is 0.269 e. The first kappa shape index (κ1) is 17.0. The highest BCUT2D eigenvalue weighted by molar-refractivity contribution is 5.44. The number of ether oxygens (including phenoxy) is 3. The Bertz CT molecular complexity index is 734. The van der Waals surface area contributed by atoms with Crippen molar-refractivity contribution in [3.8, 4) is 17.2 Å². The highest BCUT2D eigenvalue weighted by atomic mass is 16.7. The standard InChI is InChI=1S/C17H18N2O6/c20-14(10-23-15-4-2-13(3-5-15)19(21)22)9-18-8-12-1-6-16-17(7-12)25-11-24-16/h1-7,14,18,20H,8-11H2. The topological polar surface area (TPSA) is 103 Å². The maximum absolute atomic E-state index is 10.6. The van der Waals surface area contributed by atoms with Gasteiger partial charge in [0, 0.05) is 25.2 Å². The number of benzene rings is 2. The molecule has 8 heteroatoms. The third-order valence-electron chi connectivity index (χ3n) is 3.64. The number of aliphatic hydroxyl groups is 1. The number of non-ortho nitro benzene ring substituents is 1. The van der Waals surface area contributed by atoms with E-state index < -0.39 is 11.0 Å². The van der Waals surface area contributed by atoms with E-state index in [4.69, 9.17) is 14.2 Å². The number of nitro groups is 1. The largest absolute Gasteiger partial charge is 0.491 e. The van der Waals surface area contributed by atoms with Crippen molar-refractivity contribution in [3.63, 3.8) is 0 Å². The summed E-state index contributed by atoms with van der Waals surface area (Å²) in [5.74, 6) is 1.93. The van der Waals surface area contributed by atoms with E-state index in [2.05, 4.69) is 5.32 Å². The van der Waals surface area contributed by atoms with Crippen LogP contribution in [0.4, 0.5) is 5.69 Å². The molecule has 0 amide bonds. The van der Waals surface area contributed by atoms with E-state index in [0.717, 1.165) is 17.1 Å². The van der Waals surface area contributed by atoms with Crippen molar-refractivity contribution in [2.45, 2.75) is 12.6 Å². The molecule has 0 saturated carbocycles. The van der Waals surface area contributed by atoms with Gasteiger partial charge in [-0.1, -0.05) is 6.07 Å². The minimum atomic E-state index is -0.704. The molecule has 8 nitrogen and oxygen atoms in total. The van der Waals surface area contributed by atoms with Crippen LogP contribution in [-0.2, 0) is 6.54 Å². The van der Waals surface area contributed by atoms with Crippen molar-refractivity contribution in [3.05, 3.63) is 58.1 Å². The number of nitrogens with zero attached hydrogens (tertiary/aromatic N) is 1. The fraction of sp³-hybridized carbons (Fsp3) is 0.294. The SMILES string of the molecule is O=[N+]([O-])c1ccc(OCC(O)CNCc2ccc3c(c2)OCO3)cc1. The van der Waals surface area contributed by atoms with Gasteiger partial charge in [0.1, 0.15) is 18.5 Å². The number of hydrogen-bond acceptors (Lipinski definition) is 7. The zero-order valence-corrected chi connectivity index (χ0v) is 13.4. The van der Waals surface area contributed by atoms with Crippen molar-refractivity contribution in [1.82, 2.24) is 5.32 Å². The van der Waals surface area contributed by atoms with Crippen LogP contribution in [0.15, 0.2) is 42.5 Å². The maximum atomic E-state index is 10.6. The molecule has 1 atom stereocenters. The molecule has 1 aliphatic heterocycles. The van der Waals surface area contributed by atoms with Crippen LogP contribution < -0.4 is 19.5 Å². The minimum absolute atomic E-state index is 0.00158. The summed E-state index contributed by atoms with van der Waals surface area (Å²) in [7, 11) is 0. The molecule has 1 aliphatic rings. The second kappa shape index (κ2) is 7.82. The van der Waals surface area contributed by atoms with Crippen LogP contribution >= 0.6 is 0 Å². The lowest BCUT2D eigenvalue weighted by Gasteiger charge is -2.13. The Morgan fingerprint density at radius 2 is 1.96 bits per heavy atom. The number of nitro benzene ring substituents is 1. The average Bonchev–Trinajstić information content (AvgIpc) is 3.08. The molecule has 25 heavy (non-hydrogen) atoms. The van der Waals surface area contributed by atoms with E-state index in [-0.39, 0.29) is 19.1 Å². The van der Waals surface area contributed by atoms with E-state index >= 15 is 0 Å². The van der Waals surface area contributed by atoms with E-state index in [1.54, 1.807) is 0 Å². The van der Waals surface area contributed by atoms with Crippen molar-refractivity contribution < 1.29 is 24.2 Å². The van der Waals surface area contributed by atoms with Crippen LogP contribution in [0.2, 0.25) is 0 Å². The summed E-state index contributed by atoms with van der Waals surface area (Å²) < 4.78 is 16.0. The summed E-state index contributed by atoms with van der Waals surface area (Å²) in [6, 6.07) is 11.4. The Labute approximate surface area is 144 Å². The van der Waals surface area contributed by atoms with Crippen molar-refractivity contribution in [1.29, 1.82) is 0 Å². The summed E-state index contributed by atoms with van der Waals surface area (Å²) in [5, 5.41) is 23.7. The molecule has 132 valence electrons. The first-order chi connectivity index (χ1) is 12.1. The fourth-order valence-corrected chi connectivity index (χ4v) is 2.35. The van der Waals surface area contributed by atoms with Gasteiger partial charge in [-0.15, -0.1) is 0 Å². The van der Waals surface area contributed by atoms with E-state index in [0.29, 0.717) is 18.8 Å². The summed E-state index contributed by atoms with van der Waals surface area (Å²) in [6.07, 6.45) is -0.704. The van der Waals surface area contributed by atoms with Gasteiger partial charge in [0.25, 0.3) is 5.69 Å². The van der Waals surface area contributed by atoms with E-state index in [1.165, 1.54) is 24.3 Å². The molecular formula is C17H18N2O6. The molecule has 1 heterocycles. The van der Waals surface area contributed by atoms with Gasteiger partial charge in [-0.3, -0.25) is 10.1 Å². The van der Waals surface area contributed by atoms with Gasteiger partial charge >= 0.3 is 0 Å². The van der Waals surface area contributed by atoms with Crippen LogP contribution in [0.25, 0.3) is 0 Å². The molecule has 3 rings (SSSR count). The van der Waals surface area contributed by atoms with E-state index in [9.17, 15) is 15.2 Å². The lowest BCUT2D eigenvalue weighted by molar-refractivity contribution is -0.384. The summed E-state index contributed by atoms with van der Waals surface area (Å²) in [5.41, 5.74) is 1.02. The zero-order chi connectivity index (χ0) is 17.6. The normalized spacial score (nSPS) is 13.5. The van der Waals surface area contributed by atoms with Gasteiger partial charge < -0.3 is 24.6 Å². The second-order valence-corrected chi connectivity index (χ2v) is 5.53. The molecule has 0 aromatic heterocycles. The second-order valence-electron chi connectivity index (χ2n) is 5.53. The van der Waals surface area contributed by atoms with Crippen molar-refractivity contribution in [2.75, 3.05) is 19.9 Å². The molecule has 0 radical (unpaired) electrons. The molecule has 0 aliphatic carbocycles. The smallest absolute Gasteiger partial charge is 0.269 e. The number of aliphatic hydroxyl groups excluding tert-OH is 1. The number of rotatable bonds is 8. The zero-order valence-electron chi connectivity index (χ0n) is 13.4. The van der Waals surface area contributed by atoms with Gasteiger partial charge in [-0.05, 0) is 29.8 Å². The van der Waals surface area contributed by atoms with Gasteiger partial charge in [-0.2, -0.15) is 0 Å². The van der Waals surface area contributed by atoms with E-state index in [1.807, 2.05) is 18.2 Å². The first-order valence-electron chi connectivity index (χ1n) is 7.76. The molecule has 0 bridgehead atoms. The van der Waals surface area contributed by atoms with Crippen molar-refractivity contribution in [2.24, 2.45) is 0 Å². The molecule has 2 N–H and O–H groups in total. The highest BCUT2D eigenvalue weighted by Crippen LogP contribution is 2.32. The lowest BCUT2D eigenvalue weighted by Crippen LogP contribution is -2.31. The van der Waals surface area contributed by atoms with Gasteiger partial charge in [0.05, 0.1) is 4.92 Å². The Hall–Kier alpha value is -2.84. The fourth-order valence-electron chi connectivity index (χ4n) is 2.35. The number of nitrogens with one attached hydrogen (secondary N) is 1. The molecular weight excluding hydrogens is 328 g/mol. The van der Waals surface area contributed by atoms with Gasteiger partial charge in [0.2, 0.25) is 6.79 Å². The third kappa shape index (κ3) is 4.59. The predicted octanol–water partition coefficient (Wildman–Crippen LogP) is 1.85.